The SMILES string of the molecule is CCCOc1cccc(CCNc2ncc(C)cn2)c1. The second-order valence-electron chi connectivity index (χ2n) is 4.76. The van der Waals surface area contributed by atoms with Crippen molar-refractivity contribution in [2.45, 2.75) is 26.7 Å². The van der Waals surface area contributed by atoms with E-state index in [0.29, 0.717) is 5.95 Å². The molecule has 1 aromatic heterocycles. The Balaban J connectivity index is 1.82. The Hall–Kier alpha value is -2.10. The van der Waals surface area contributed by atoms with Gasteiger partial charge < -0.3 is 10.1 Å². The zero-order valence-corrected chi connectivity index (χ0v) is 12.1. The van der Waals surface area contributed by atoms with Crippen LogP contribution < -0.4 is 10.1 Å². The van der Waals surface area contributed by atoms with Crippen LogP contribution in [0.5, 0.6) is 5.75 Å². The van der Waals surface area contributed by atoms with Crippen LogP contribution in [0.4, 0.5) is 5.95 Å². The number of aryl methyl sites for hydroxylation is 1. The summed E-state index contributed by atoms with van der Waals surface area (Å²) >= 11 is 0. The van der Waals surface area contributed by atoms with Crippen LogP contribution in [0.1, 0.15) is 24.5 Å². The molecule has 20 heavy (non-hydrogen) atoms. The molecule has 1 heterocycles. The van der Waals surface area contributed by atoms with E-state index in [-0.39, 0.29) is 0 Å². The van der Waals surface area contributed by atoms with Crippen LogP contribution in [0.25, 0.3) is 0 Å². The summed E-state index contributed by atoms with van der Waals surface area (Å²) in [6.07, 6.45) is 5.57. The molecule has 0 aliphatic rings. The standard InChI is InChI=1S/C16H21N3O/c1-3-9-20-15-6-4-5-14(10-15)7-8-17-16-18-11-13(2)12-19-16/h4-6,10-12H,3,7-9H2,1-2H3,(H,17,18,19). The van der Waals surface area contributed by atoms with E-state index < -0.39 is 0 Å². The Bertz CT molecular complexity index is 526. The fourth-order valence-electron chi connectivity index (χ4n) is 1.81. The Morgan fingerprint density at radius 1 is 1.20 bits per heavy atom. The summed E-state index contributed by atoms with van der Waals surface area (Å²) in [5, 5.41) is 3.22. The van der Waals surface area contributed by atoms with Crippen molar-refractivity contribution in [3.63, 3.8) is 0 Å². The monoisotopic (exact) mass is 271 g/mol. The van der Waals surface area contributed by atoms with Crippen LogP contribution in [-0.4, -0.2) is 23.1 Å². The molecule has 0 aliphatic heterocycles. The zero-order valence-electron chi connectivity index (χ0n) is 12.1. The summed E-state index contributed by atoms with van der Waals surface area (Å²) in [4.78, 5) is 8.44. The van der Waals surface area contributed by atoms with Gasteiger partial charge in [0.25, 0.3) is 0 Å². The summed E-state index contributed by atoms with van der Waals surface area (Å²) in [7, 11) is 0. The predicted molar refractivity (Wildman–Crippen MR) is 81.2 cm³/mol. The third-order valence-electron chi connectivity index (χ3n) is 2.85. The fraction of sp³-hybridized carbons (Fsp3) is 0.375. The molecule has 0 spiro atoms. The molecular formula is C16H21N3O. The first-order valence-corrected chi connectivity index (χ1v) is 7.02. The Kier molecular flexibility index (Phi) is 5.35. The van der Waals surface area contributed by atoms with Gasteiger partial charge in [-0.3, -0.25) is 0 Å². The Morgan fingerprint density at radius 2 is 2.00 bits per heavy atom. The van der Waals surface area contributed by atoms with Crippen LogP contribution in [0.2, 0.25) is 0 Å². The van der Waals surface area contributed by atoms with Crippen LogP contribution >= 0.6 is 0 Å². The average molecular weight is 271 g/mol. The van der Waals surface area contributed by atoms with E-state index in [0.717, 1.165) is 37.3 Å². The van der Waals surface area contributed by atoms with E-state index in [1.54, 1.807) is 0 Å². The van der Waals surface area contributed by atoms with Crippen molar-refractivity contribution >= 4 is 5.95 Å². The molecule has 0 bridgehead atoms. The van der Waals surface area contributed by atoms with Gasteiger partial charge in [-0.05, 0) is 43.0 Å². The number of aromatic nitrogens is 2. The highest BCUT2D eigenvalue weighted by Gasteiger charge is 1.98. The van der Waals surface area contributed by atoms with Gasteiger partial charge in [0.15, 0.2) is 0 Å². The van der Waals surface area contributed by atoms with Crippen LogP contribution in [0.15, 0.2) is 36.7 Å². The highest BCUT2D eigenvalue weighted by molar-refractivity contribution is 5.30. The van der Waals surface area contributed by atoms with Gasteiger partial charge in [-0.2, -0.15) is 0 Å². The number of nitrogens with one attached hydrogen (secondary N) is 1. The molecular weight excluding hydrogens is 250 g/mol. The Morgan fingerprint density at radius 3 is 2.75 bits per heavy atom. The third-order valence-corrected chi connectivity index (χ3v) is 2.85. The maximum absolute atomic E-state index is 5.63. The van der Waals surface area contributed by atoms with Gasteiger partial charge in [-0.15, -0.1) is 0 Å². The number of benzene rings is 1. The molecule has 0 aliphatic carbocycles. The number of rotatable bonds is 7. The lowest BCUT2D eigenvalue weighted by Crippen LogP contribution is -2.08. The van der Waals surface area contributed by atoms with Crippen molar-refractivity contribution in [3.8, 4) is 5.75 Å². The topological polar surface area (TPSA) is 47.0 Å². The van der Waals surface area contributed by atoms with E-state index in [1.165, 1.54) is 5.56 Å². The van der Waals surface area contributed by atoms with Gasteiger partial charge >= 0.3 is 0 Å². The quantitative estimate of drug-likeness (QED) is 0.840. The van der Waals surface area contributed by atoms with E-state index in [2.05, 4.69) is 34.3 Å². The van der Waals surface area contributed by atoms with Crippen molar-refractivity contribution in [1.29, 1.82) is 0 Å². The molecule has 106 valence electrons. The minimum atomic E-state index is 0.675. The fourth-order valence-corrected chi connectivity index (χ4v) is 1.81. The average Bonchev–Trinajstić information content (AvgIpc) is 2.48. The van der Waals surface area contributed by atoms with E-state index >= 15 is 0 Å². The highest BCUT2D eigenvalue weighted by atomic mass is 16.5. The molecule has 2 rings (SSSR count). The van der Waals surface area contributed by atoms with Crippen LogP contribution in [0, 0.1) is 6.92 Å². The molecule has 4 nitrogen and oxygen atoms in total. The molecule has 1 aromatic carbocycles. The normalized spacial score (nSPS) is 10.3. The molecule has 0 saturated carbocycles. The van der Waals surface area contributed by atoms with E-state index in [4.69, 9.17) is 4.74 Å². The van der Waals surface area contributed by atoms with Gasteiger partial charge in [0, 0.05) is 18.9 Å². The van der Waals surface area contributed by atoms with E-state index in [1.807, 2.05) is 31.5 Å². The lowest BCUT2D eigenvalue weighted by atomic mass is 10.1. The number of nitrogens with zero attached hydrogens (tertiary/aromatic N) is 2. The maximum atomic E-state index is 5.63. The van der Waals surface area contributed by atoms with Crippen molar-refractivity contribution in [2.24, 2.45) is 0 Å². The van der Waals surface area contributed by atoms with Crippen LogP contribution in [-0.2, 0) is 6.42 Å². The molecule has 0 amide bonds. The van der Waals surface area contributed by atoms with Gasteiger partial charge in [0.2, 0.25) is 5.95 Å². The lowest BCUT2D eigenvalue weighted by molar-refractivity contribution is 0.317. The molecule has 1 N–H and O–H groups in total. The first-order valence-electron chi connectivity index (χ1n) is 7.02. The van der Waals surface area contributed by atoms with Crippen molar-refractivity contribution in [3.05, 3.63) is 47.8 Å². The highest BCUT2D eigenvalue weighted by Crippen LogP contribution is 2.14. The Labute approximate surface area is 120 Å². The molecule has 0 atom stereocenters. The third kappa shape index (κ3) is 4.53. The summed E-state index contributed by atoms with van der Waals surface area (Å²) in [6.45, 7) is 5.65. The van der Waals surface area contributed by atoms with Crippen molar-refractivity contribution in [1.82, 2.24) is 9.97 Å². The molecule has 0 fully saturated rings. The largest absolute Gasteiger partial charge is 0.494 e. The molecule has 0 radical (unpaired) electrons. The van der Waals surface area contributed by atoms with Crippen molar-refractivity contribution in [2.75, 3.05) is 18.5 Å². The zero-order chi connectivity index (χ0) is 14.2. The second kappa shape index (κ2) is 7.48. The van der Waals surface area contributed by atoms with Gasteiger partial charge in [0.05, 0.1) is 6.61 Å². The van der Waals surface area contributed by atoms with Gasteiger partial charge in [-0.1, -0.05) is 19.1 Å². The lowest BCUT2D eigenvalue weighted by Gasteiger charge is -2.08. The molecule has 0 saturated heterocycles. The number of hydrogen-bond acceptors (Lipinski definition) is 4. The first-order chi connectivity index (χ1) is 9.78. The molecule has 0 unspecified atom stereocenters. The number of hydrogen-bond donors (Lipinski definition) is 1. The maximum Gasteiger partial charge on any atom is 0.222 e. The first kappa shape index (κ1) is 14.3. The molecule has 2 aromatic rings. The van der Waals surface area contributed by atoms with Gasteiger partial charge in [-0.25, -0.2) is 9.97 Å². The van der Waals surface area contributed by atoms with Crippen LogP contribution in [0.3, 0.4) is 0 Å². The predicted octanol–water partition coefficient (Wildman–Crippen LogP) is 3.23. The summed E-state index contributed by atoms with van der Waals surface area (Å²) in [6, 6.07) is 8.22. The smallest absolute Gasteiger partial charge is 0.222 e. The summed E-state index contributed by atoms with van der Waals surface area (Å²) in [5.74, 6) is 1.62. The van der Waals surface area contributed by atoms with Crippen molar-refractivity contribution < 1.29 is 4.74 Å². The minimum absolute atomic E-state index is 0.675. The number of ether oxygens (including phenoxy) is 1. The summed E-state index contributed by atoms with van der Waals surface area (Å²) < 4.78 is 5.63. The summed E-state index contributed by atoms with van der Waals surface area (Å²) in [5.41, 5.74) is 2.31. The van der Waals surface area contributed by atoms with E-state index in [9.17, 15) is 0 Å². The number of anilines is 1. The minimum Gasteiger partial charge on any atom is -0.494 e. The second-order valence-corrected chi connectivity index (χ2v) is 4.76. The molecule has 4 heteroatoms. The van der Waals surface area contributed by atoms with Gasteiger partial charge in [0.1, 0.15) is 5.75 Å².